The number of nitrogens with one attached hydrogen (secondary N) is 1. The van der Waals surface area contributed by atoms with Crippen molar-refractivity contribution >= 4 is 22.8 Å². The van der Waals surface area contributed by atoms with E-state index >= 15 is 0 Å². The molecule has 0 saturated heterocycles. The van der Waals surface area contributed by atoms with E-state index in [1.165, 1.54) is 12.1 Å². The van der Waals surface area contributed by atoms with E-state index in [0.717, 1.165) is 24.6 Å². The smallest absolute Gasteiger partial charge is 0.121 e. The molecular weight excluding hydrogens is 252 g/mol. The molecule has 1 aromatic rings. The van der Waals surface area contributed by atoms with Gasteiger partial charge in [0.25, 0.3) is 0 Å². The number of hydrazone groups is 1. The van der Waals surface area contributed by atoms with E-state index in [2.05, 4.69) is 10.5 Å². The van der Waals surface area contributed by atoms with Gasteiger partial charge in [-0.15, -0.1) is 5.23 Å². The molecule has 0 heterocycles. The van der Waals surface area contributed by atoms with Crippen LogP contribution in [-0.2, 0) is 0 Å². The number of hydrogen-bond donors (Lipinski definition) is 3. The normalized spacial score (nSPS) is 11.4. The van der Waals surface area contributed by atoms with Crippen molar-refractivity contribution in [2.75, 3.05) is 15.9 Å². The molecule has 0 aliphatic rings. The molecule has 0 fully saturated rings. The molecule has 0 radical (unpaired) electrons. The van der Waals surface area contributed by atoms with Crippen LogP contribution in [0.15, 0.2) is 23.3 Å². The van der Waals surface area contributed by atoms with Crippen LogP contribution in [0.3, 0.4) is 0 Å². The van der Waals surface area contributed by atoms with Crippen LogP contribution >= 0.6 is 0 Å². The minimum atomic E-state index is -0.623. The zero-order valence-corrected chi connectivity index (χ0v) is 10.7. The standard InChI is InChI=1S/C11H16N4O4/c1-3-4-8(2)12-13-10-6-5-9(14(16)17)7-11(10)15(18)19/h5-7,13,18-19H,3-4H2,1-2H3/q-2. The summed E-state index contributed by atoms with van der Waals surface area (Å²) in [5.41, 5.74) is 3.35. The molecule has 0 amide bonds. The Morgan fingerprint density at radius 2 is 2.05 bits per heavy atom. The van der Waals surface area contributed by atoms with Gasteiger partial charge in [0, 0.05) is 11.4 Å². The van der Waals surface area contributed by atoms with Crippen molar-refractivity contribution in [2.24, 2.45) is 5.10 Å². The minimum Gasteiger partial charge on any atom is -0.769 e. The fraction of sp³-hybridized carbons (Fsp3) is 0.364. The average Bonchev–Trinajstić information content (AvgIpc) is 2.36. The van der Waals surface area contributed by atoms with Crippen LogP contribution in [0.25, 0.3) is 0 Å². The van der Waals surface area contributed by atoms with E-state index in [1.807, 2.05) is 13.8 Å². The van der Waals surface area contributed by atoms with Gasteiger partial charge in [-0.1, -0.05) is 13.3 Å². The molecule has 0 aliphatic heterocycles. The maximum absolute atomic E-state index is 10.6. The monoisotopic (exact) mass is 268 g/mol. The predicted octanol–water partition coefficient (Wildman–Crippen LogP) is 2.66. The van der Waals surface area contributed by atoms with Crippen LogP contribution in [0.5, 0.6) is 0 Å². The molecule has 0 spiro atoms. The van der Waals surface area contributed by atoms with Crippen LogP contribution in [-0.4, -0.2) is 16.1 Å². The van der Waals surface area contributed by atoms with Gasteiger partial charge in [-0.2, -0.15) is 5.10 Å². The van der Waals surface area contributed by atoms with Gasteiger partial charge >= 0.3 is 0 Å². The molecule has 8 nitrogen and oxygen atoms in total. The van der Waals surface area contributed by atoms with Crippen molar-refractivity contribution in [1.29, 1.82) is 0 Å². The Hall–Kier alpha value is -1.87. The fourth-order valence-corrected chi connectivity index (χ4v) is 1.47. The Bertz CT molecular complexity index is 448. The molecule has 1 rings (SSSR count). The van der Waals surface area contributed by atoms with Gasteiger partial charge in [0.2, 0.25) is 0 Å². The number of hydrogen-bond acceptors (Lipinski definition) is 8. The second kappa shape index (κ2) is 6.90. The lowest BCUT2D eigenvalue weighted by atomic mass is 10.2. The molecule has 106 valence electrons. The first-order chi connectivity index (χ1) is 8.95. The largest absolute Gasteiger partial charge is 0.769 e. The van der Waals surface area contributed by atoms with Gasteiger partial charge in [-0.3, -0.25) is 15.8 Å². The summed E-state index contributed by atoms with van der Waals surface area (Å²) < 4.78 is 0. The second-order valence-corrected chi connectivity index (χ2v) is 3.96. The summed E-state index contributed by atoms with van der Waals surface area (Å²) in [7, 11) is 0. The van der Waals surface area contributed by atoms with E-state index in [9.17, 15) is 10.4 Å². The molecule has 0 bridgehead atoms. The van der Waals surface area contributed by atoms with Crippen LogP contribution in [0.4, 0.5) is 17.1 Å². The SMILES string of the molecule is CCCC(C)=NNc1ccc(N([O-])[O-])cc1N(O)O. The first-order valence-corrected chi connectivity index (χ1v) is 5.71. The van der Waals surface area contributed by atoms with Crippen LogP contribution in [0.2, 0.25) is 0 Å². The van der Waals surface area contributed by atoms with Gasteiger partial charge in [0.15, 0.2) is 0 Å². The predicted molar refractivity (Wildman–Crippen MR) is 73.3 cm³/mol. The van der Waals surface area contributed by atoms with Gasteiger partial charge in [0.05, 0.1) is 5.69 Å². The van der Waals surface area contributed by atoms with E-state index < -0.39 is 5.23 Å². The van der Waals surface area contributed by atoms with Crippen LogP contribution < -0.4 is 15.9 Å². The molecule has 0 aromatic heterocycles. The highest BCUT2D eigenvalue weighted by atomic mass is 16.8. The molecular formula is C11H16N4O4-2. The van der Waals surface area contributed by atoms with Crippen molar-refractivity contribution in [3.63, 3.8) is 0 Å². The Labute approximate surface area is 110 Å². The zero-order valence-electron chi connectivity index (χ0n) is 10.7. The minimum absolute atomic E-state index is 0.151. The Morgan fingerprint density at radius 1 is 1.37 bits per heavy atom. The molecule has 0 atom stereocenters. The van der Waals surface area contributed by atoms with Gasteiger partial charge < -0.3 is 15.6 Å². The van der Waals surface area contributed by atoms with E-state index in [1.54, 1.807) is 0 Å². The quantitative estimate of drug-likeness (QED) is 0.536. The highest BCUT2D eigenvalue weighted by Gasteiger charge is 2.08. The van der Waals surface area contributed by atoms with Gasteiger partial charge in [0.1, 0.15) is 5.69 Å². The maximum atomic E-state index is 10.6. The Kier molecular flexibility index (Phi) is 5.52. The van der Waals surface area contributed by atoms with Crippen molar-refractivity contribution in [3.05, 3.63) is 28.6 Å². The summed E-state index contributed by atoms with van der Waals surface area (Å²) in [4.78, 5) is 0. The molecule has 3 N–H and O–H groups in total. The summed E-state index contributed by atoms with van der Waals surface area (Å²) in [5.74, 6) is 0. The van der Waals surface area contributed by atoms with Crippen molar-refractivity contribution in [3.8, 4) is 0 Å². The summed E-state index contributed by atoms with van der Waals surface area (Å²) >= 11 is 0. The molecule has 1 aromatic carbocycles. The third kappa shape index (κ3) is 4.38. The molecule has 0 unspecified atom stereocenters. The third-order valence-corrected chi connectivity index (χ3v) is 2.39. The summed E-state index contributed by atoms with van der Waals surface area (Å²) in [5, 5.41) is 42.6. The van der Waals surface area contributed by atoms with Crippen molar-refractivity contribution in [2.45, 2.75) is 26.7 Å². The second-order valence-electron chi connectivity index (χ2n) is 3.96. The van der Waals surface area contributed by atoms with E-state index in [4.69, 9.17) is 10.4 Å². The van der Waals surface area contributed by atoms with Gasteiger partial charge in [-0.05, 0) is 31.5 Å². The van der Waals surface area contributed by atoms with Crippen LogP contribution in [0, 0.1) is 10.4 Å². The first-order valence-electron chi connectivity index (χ1n) is 5.71. The Morgan fingerprint density at radius 3 is 2.58 bits per heavy atom. The lowest BCUT2D eigenvalue weighted by molar-refractivity contribution is 0.0295. The fourth-order valence-electron chi connectivity index (χ4n) is 1.47. The zero-order chi connectivity index (χ0) is 14.4. The molecule has 0 saturated carbocycles. The highest BCUT2D eigenvalue weighted by Crippen LogP contribution is 2.29. The number of anilines is 3. The number of rotatable bonds is 6. The third-order valence-electron chi connectivity index (χ3n) is 2.39. The first kappa shape index (κ1) is 15.2. The summed E-state index contributed by atoms with van der Waals surface area (Å²) in [6.45, 7) is 3.84. The number of nitrogens with zero attached hydrogens (tertiary/aromatic N) is 3. The van der Waals surface area contributed by atoms with E-state index in [-0.39, 0.29) is 22.3 Å². The number of benzene rings is 1. The van der Waals surface area contributed by atoms with Crippen molar-refractivity contribution < 1.29 is 10.4 Å². The average molecular weight is 268 g/mol. The summed E-state index contributed by atoms with van der Waals surface area (Å²) in [6.07, 6.45) is 1.74. The van der Waals surface area contributed by atoms with Crippen molar-refractivity contribution in [1.82, 2.24) is 0 Å². The van der Waals surface area contributed by atoms with E-state index in [0.29, 0.717) is 0 Å². The maximum Gasteiger partial charge on any atom is 0.121 e. The summed E-state index contributed by atoms with van der Waals surface area (Å²) in [6, 6.07) is 3.64. The van der Waals surface area contributed by atoms with Gasteiger partial charge in [-0.25, -0.2) is 0 Å². The molecule has 8 heteroatoms. The lowest BCUT2D eigenvalue weighted by Gasteiger charge is -2.37. The molecule has 19 heavy (non-hydrogen) atoms. The highest BCUT2D eigenvalue weighted by molar-refractivity contribution is 5.83. The van der Waals surface area contributed by atoms with Crippen LogP contribution in [0.1, 0.15) is 26.7 Å². The lowest BCUT2D eigenvalue weighted by Crippen LogP contribution is -2.14. The molecule has 0 aliphatic carbocycles. The topological polar surface area (TPSA) is 117 Å². The Balaban J connectivity index is 2.97.